The Morgan fingerprint density at radius 3 is 2.35 bits per heavy atom. The lowest BCUT2D eigenvalue weighted by Gasteiger charge is -2.05. The molecule has 2 aromatic heterocycles. The van der Waals surface area contributed by atoms with E-state index >= 15 is 0 Å². The van der Waals surface area contributed by atoms with E-state index in [2.05, 4.69) is 19.9 Å². The monoisotopic (exact) mass is 343 g/mol. The van der Waals surface area contributed by atoms with Crippen LogP contribution in [0.1, 0.15) is 5.82 Å². The molecular formula is C20H17N5O. The number of aromatic nitrogens is 4. The summed E-state index contributed by atoms with van der Waals surface area (Å²) in [5.74, 6) is 2.00. The minimum Gasteiger partial charge on any atom is -0.486 e. The fourth-order valence-electron chi connectivity index (χ4n) is 2.63. The molecule has 128 valence electrons. The Kier molecular flexibility index (Phi) is 4.30. The Bertz CT molecular complexity index is 996. The summed E-state index contributed by atoms with van der Waals surface area (Å²) in [5, 5.41) is 0. The normalized spacial score (nSPS) is 10.6. The molecule has 0 unspecified atom stereocenters. The SMILES string of the molecule is Nc1nccnc1-c1ccc(-c2cnc(COc3ccccc3)[nH]2)cc1. The van der Waals surface area contributed by atoms with Gasteiger partial charge in [0.25, 0.3) is 0 Å². The van der Waals surface area contributed by atoms with E-state index in [1.807, 2.05) is 54.6 Å². The van der Waals surface area contributed by atoms with Crippen LogP contribution in [0, 0.1) is 0 Å². The highest BCUT2D eigenvalue weighted by molar-refractivity contribution is 5.72. The highest BCUT2D eigenvalue weighted by Crippen LogP contribution is 2.25. The number of nitrogens with one attached hydrogen (secondary N) is 1. The molecule has 0 aliphatic heterocycles. The summed E-state index contributed by atoms with van der Waals surface area (Å²) in [6.45, 7) is 0.387. The van der Waals surface area contributed by atoms with Crippen molar-refractivity contribution in [1.29, 1.82) is 0 Å². The topological polar surface area (TPSA) is 89.7 Å². The van der Waals surface area contributed by atoms with E-state index in [9.17, 15) is 0 Å². The van der Waals surface area contributed by atoms with Gasteiger partial charge in [-0.3, -0.25) is 4.98 Å². The van der Waals surface area contributed by atoms with E-state index < -0.39 is 0 Å². The number of nitrogen functional groups attached to an aromatic ring is 1. The first-order valence-electron chi connectivity index (χ1n) is 8.18. The van der Waals surface area contributed by atoms with Crippen molar-refractivity contribution in [2.75, 3.05) is 5.73 Å². The Balaban J connectivity index is 1.48. The summed E-state index contributed by atoms with van der Waals surface area (Å²) in [6, 6.07) is 17.6. The van der Waals surface area contributed by atoms with E-state index in [-0.39, 0.29) is 0 Å². The maximum absolute atomic E-state index is 5.88. The largest absolute Gasteiger partial charge is 0.486 e. The number of nitrogens with two attached hydrogens (primary N) is 1. The fraction of sp³-hybridized carbons (Fsp3) is 0.0500. The van der Waals surface area contributed by atoms with Crippen molar-refractivity contribution < 1.29 is 4.74 Å². The number of H-pyrrole nitrogens is 1. The number of nitrogens with zero attached hydrogens (tertiary/aromatic N) is 3. The summed E-state index contributed by atoms with van der Waals surface area (Å²) in [6.07, 6.45) is 5.01. The average molecular weight is 343 g/mol. The summed E-state index contributed by atoms with van der Waals surface area (Å²) in [5.41, 5.74) is 9.44. The molecule has 2 heterocycles. The van der Waals surface area contributed by atoms with Crippen molar-refractivity contribution >= 4 is 5.82 Å². The predicted molar refractivity (Wildman–Crippen MR) is 100 cm³/mol. The number of benzene rings is 2. The summed E-state index contributed by atoms with van der Waals surface area (Å²) in [4.78, 5) is 16.0. The van der Waals surface area contributed by atoms with Crippen LogP contribution in [0.2, 0.25) is 0 Å². The van der Waals surface area contributed by atoms with Gasteiger partial charge in [-0.2, -0.15) is 0 Å². The molecule has 3 N–H and O–H groups in total. The summed E-state index contributed by atoms with van der Waals surface area (Å²) in [7, 11) is 0. The van der Waals surface area contributed by atoms with Crippen molar-refractivity contribution in [1.82, 2.24) is 19.9 Å². The molecule has 6 heteroatoms. The lowest BCUT2D eigenvalue weighted by Crippen LogP contribution is -1.97. The van der Waals surface area contributed by atoms with E-state index in [4.69, 9.17) is 10.5 Å². The van der Waals surface area contributed by atoms with Crippen LogP contribution in [0.5, 0.6) is 5.75 Å². The Labute approximate surface area is 150 Å². The maximum atomic E-state index is 5.88. The molecule has 4 aromatic rings. The zero-order valence-electron chi connectivity index (χ0n) is 14.0. The smallest absolute Gasteiger partial charge is 0.149 e. The highest BCUT2D eigenvalue weighted by Gasteiger charge is 2.07. The van der Waals surface area contributed by atoms with Gasteiger partial charge in [-0.1, -0.05) is 42.5 Å². The van der Waals surface area contributed by atoms with Crippen LogP contribution < -0.4 is 10.5 Å². The number of ether oxygens (including phenoxy) is 1. The van der Waals surface area contributed by atoms with Crippen LogP contribution in [0.25, 0.3) is 22.5 Å². The first-order valence-corrected chi connectivity index (χ1v) is 8.18. The minimum absolute atomic E-state index is 0.387. The molecule has 0 amide bonds. The molecular weight excluding hydrogens is 326 g/mol. The quantitative estimate of drug-likeness (QED) is 0.577. The van der Waals surface area contributed by atoms with Crippen LogP contribution in [0.3, 0.4) is 0 Å². The van der Waals surface area contributed by atoms with Crippen molar-refractivity contribution in [3.05, 3.63) is 79.0 Å². The average Bonchev–Trinajstić information content (AvgIpc) is 3.17. The van der Waals surface area contributed by atoms with Crippen LogP contribution in [-0.2, 0) is 6.61 Å². The number of anilines is 1. The van der Waals surface area contributed by atoms with Gasteiger partial charge in [0.2, 0.25) is 0 Å². The molecule has 0 aliphatic carbocycles. The summed E-state index contributed by atoms with van der Waals surface area (Å²) < 4.78 is 5.71. The second-order valence-corrected chi connectivity index (χ2v) is 5.71. The highest BCUT2D eigenvalue weighted by atomic mass is 16.5. The first-order chi connectivity index (χ1) is 12.8. The van der Waals surface area contributed by atoms with Gasteiger partial charge < -0.3 is 15.5 Å². The van der Waals surface area contributed by atoms with E-state index in [0.717, 1.165) is 28.4 Å². The molecule has 0 spiro atoms. The molecule has 4 rings (SSSR count). The van der Waals surface area contributed by atoms with Crippen molar-refractivity contribution in [3.63, 3.8) is 0 Å². The molecule has 26 heavy (non-hydrogen) atoms. The zero-order valence-corrected chi connectivity index (χ0v) is 14.0. The number of para-hydroxylation sites is 1. The van der Waals surface area contributed by atoms with Crippen LogP contribution >= 0.6 is 0 Å². The predicted octanol–water partition coefficient (Wildman–Crippen LogP) is 3.69. The number of hydrogen-bond donors (Lipinski definition) is 2. The molecule has 0 atom stereocenters. The maximum Gasteiger partial charge on any atom is 0.149 e. The third kappa shape index (κ3) is 3.39. The van der Waals surface area contributed by atoms with Gasteiger partial charge in [0.05, 0.1) is 11.9 Å². The molecule has 0 saturated carbocycles. The van der Waals surface area contributed by atoms with Crippen molar-refractivity contribution in [3.8, 4) is 28.3 Å². The lowest BCUT2D eigenvalue weighted by molar-refractivity contribution is 0.297. The number of rotatable bonds is 5. The molecule has 0 bridgehead atoms. The van der Waals surface area contributed by atoms with Crippen molar-refractivity contribution in [2.24, 2.45) is 0 Å². The van der Waals surface area contributed by atoms with Gasteiger partial charge in [-0.25, -0.2) is 9.97 Å². The number of imidazole rings is 1. The number of aromatic amines is 1. The Morgan fingerprint density at radius 1 is 0.846 bits per heavy atom. The molecule has 6 nitrogen and oxygen atoms in total. The minimum atomic E-state index is 0.387. The fourth-order valence-corrected chi connectivity index (χ4v) is 2.63. The molecule has 2 aromatic carbocycles. The van der Waals surface area contributed by atoms with Gasteiger partial charge in [0.1, 0.15) is 29.7 Å². The van der Waals surface area contributed by atoms with E-state index in [0.29, 0.717) is 18.1 Å². The second kappa shape index (κ2) is 7.06. The second-order valence-electron chi connectivity index (χ2n) is 5.71. The van der Waals surface area contributed by atoms with Gasteiger partial charge in [0.15, 0.2) is 0 Å². The van der Waals surface area contributed by atoms with Crippen LogP contribution in [0.4, 0.5) is 5.82 Å². The number of hydrogen-bond acceptors (Lipinski definition) is 5. The molecule has 0 aliphatic rings. The van der Waals surface area contributed by atoms with Gasteiger partial charge in [-0.05, 0) is 17.7 Å². The van der Waals surface area contributed by atoms with Gasteiger partial charge in [0, 0.05) is 18.0 Å². The summed E-state index contributed by atoms with van der Waals surface area (Å²) >= 11 is 0. The van der Waals surface area contributed by atoms with Crippen LogP contribution in [0.15, 0.2) is 73.2 Å². The zero-order chi connectivity index (χ0) is 17.8. The third-order valence-electron chi connectivity index (χ3n) is 3.94. The Hall–Kier alpha value is -3.67. The molecule has 0 fully saturated rings. The van der Waals surface area contributed by atoms with E-state index in [1.54, 1.807) is 18.6 Å². The first kappa shape index (κ1) is 15.8. The molecule has 0 saturated heterocycles. The molecule has 0 radical (unpaired) electrons. The third-order valence-corrected chi connectivity index (χ3v) is 3.94. The Morgan fingerprint density at radius 2 is 1.58 bits per heavy atom. The van der Waals surface area contributed by atoms with E-state index in [1.165, 1.54) is 0 Å². The van der Waals surface area contributed by atoms with Crippen LogP contribution in [-0.4, -0.2) is 19.9 Å². The van der Waals surface area contributed by atoms with Gasteiger partial charge >= 0.3 is 0 Å². The van der Waals surface area contributed by atoms with Crippen molar-refractivity contribution in [2.45, 2.75) is 6.61 Å². The van der Waals surface area contributed by atoms with Gasteiger partial charge in [-0.15, -0.1) is 0 Å². The standard InChI is InChI=1S/C20H17N5O/c21-20-19(22-10-11-23-20)15-8-6-14(7-9-15)17-12-24-18(25-17)13-26-16-4-2-1-3-5-16/h1-12H,13H2,(H2,21,23)(H,24,25). The lowest BCUT2D eigenvalue weighted by atomic mass is 10.1.